The van der Waals surface area contributed by atoms with Gasteiger partial charge in [0.15, 0.2) is 0 Å². The minimum Gasteiger partial charge on any atom is -0.312 e. The van der Waals surface area contributed by atoms with Gasteiger partial charge in [-0.1, -0.05) is 169 Å². The molecule has 0 fully saturated rings. The number of allylic oxidation sites excluding steroid dienone is 1. The van der Waals surface area contributed by atoms with Crippen LogP contribution in [0.1, 0.15) is 51.4 Å². The summed E-state index contributed by atoms with van der Waals surface area (Å²) in [4.78, 5) is 5.36. The molecule has 0 amide bonds. The predicted octanol–water partition coefficient (Wildman–Crippen LogP) is 13.2. The molecule has 11 rings (SSSR count). The molecule has 2 aliphatic heterocycles. The first-order valence-corrected chi connectivity index (χ1v) is 19.7. The van der Waals surface area contributed by atoms with Crippen molar-refractivity contribution < 1.29 is 0 Å². The molecule has 1 aromatic heterocycles. The molecule has 246 valence electrons. The van der Waals surface area contributed by atoms with Crippen LogP contribution in [0.4, 0.5) is 0 Å². The summed E-state index contributed by atoms with van der Waals surface area (Å²) in [6.07, 6.45) is 5.71. The molecule has 1 nitrogen and oxygen atoms in total. The van der Waals surface area contributed by atoms with Gasteiger partial charge in [-0.25, -0.2) is 0 Å². The summed E-state index contributed by atoms with van der Waals surface area (Å²) in [5.41, 5.74) is 14.1. The molecule has 0 saturated carbocycles. The number of fused-ring (bicyclic) bond motifs is 11. The van der Waals surface area contributed by atoms with E-state index in [1.165, 1.54) is 86.4 Å². The van der Waals surface area contributed by atoms with Crippen LogP contribution in [0.2, 0.25) is 0 Å². The number of para-hydroxylation sites is 2. The zero-order chi connectivity index (χ0) is 34.2. The molecule has 2 atom stereocenters. The van der Waals surface area contributed by atoms with Gasteiger partial charge in [-0.05, 0) is 81.8 Å². The van der Waals surface area contributed by atoms with Crippen molar-refractivity contribution in [3.05, 3.63) is 215 Å². The third-order valence-electron chi connectivity index (χ3n) is 11.3. The van der Waals surface area contributed by atoms with E-state index in [9.17, 15) is 0 Å². The molecular formula is C49H33NS2. The Balaban J connectivity index is 1.25. The van der Waals surface area contributed by atoms with Gasteiger partial charge in [0.1, 0.15) is 0 Å². The predicted molar refractivity (Wildman–Crippen MR) is 217 cm³/mol. The van der Waals surface area contributed by atoms with E-state index in [0.29, 0.717) is 0 Å². The molecule has 1 aliphatic carbocycles. The molecule has 8 aromatic rings. The second kappa shape index (κ2) is 11.8. The molecule has 3 heterocycles. The Morgan fingerprint density at radius 1 is 0.538 bits per heavy atom. The van der Waals surface area contributed by atoms with Gasteiger partial charge in [0.05, 0.1) is 10.9 Å². The summed E-state index contributed by atoms with van der Waals surface area (Å²) in [7, 11) is 0. The largest absolute Gasteiger partial charge is 0.312 e. The Labute approximate surface area is 312 Å². The Morgan fingerprint density at radius 3 is 1.98 bits per heavy atom. The molecule has 0 radical (unpaired) electrons. The van der Waals surface area contributed by atoms with E-state index < -0.39 is 5.41 Å². The molecule has 2 unspecified atom stereocenters. The van der Waals surface area contributed by atoms with Crippen LogP contribution in [0, 0.1) is 0 Å². The van der Waals surface area contributed by atoms with Crippen molar-refractivity contribution in [2.45, 2.75) is 37.3 Å². The van der Waals surface area contributed by atoms with Crippen molar-refractivity contribution in [3.63, 3.8) is 0 Å². The lowest BCUT2D eigenvalue weighted by atomic mass is 9.62. The van der Waals surface area contributed by atoms with Gasteiger partial charge in [-0.2, -0.15) is 0 Å². The third kappa shape index (κ3) is 4.21. The Morgan fingerprint density at radius 2 is 1.17 bits per heavy atom. The zero-order valence-corrected chi connectivity index (χ0v) is 30.0. The van der Waals surface area contributed by atoms with Gasteiger partial charge in [-0.3, -0.25) is 0 Å². The molecule has 0 bridgehead atoms. The summed E-state index contributed by atoms with van der Waals surface area (Å²) in [6, 6.07) is 63.3. The summed E-state index contributed by atoms with van der Waals surface area (Å²) < 4.78 is 2.53. The van der Waals surface area contributed by atoms with Crippen LogP contribution in [0.15, 0.2) is 196 Å². The van der Waals surface area contributed by atoms with E-state index >= 15 is 0 Å². The first kappa shape index (κ1) is 30.2. The van der Waals surface area contributed by atoms with Crippen molar-refractivity contribution >= 4 is 40.5 Å². The Bertz CT molecular complexity index is 2710. The smallest absolute Gasteiger partial charge is 0.0751 e. The highest BCUT2D eigenvalue weighted by molar-refractivity contribution is 8.00. The highest BCUT2D eigenvalue weighted by Crippen LogP contribution is 2.64. The number of benzene rings is 7. The van der Waals surface area contributed by atoms with Crippen LogP contribution in [0.3, 0.4) is 0 Å². The third-order valence-corrected chi connectivity index (χ3v) is 13.6. The minimum atomic E-state index is -0.504. The van der Waals surface area contributed by atoms with Crippen LogP contribution in [0.5, 0.6) is 0 Å². The first-order valence-electron chi connectivity index (χ1n) is 18.0. The topological polar surface area (TPSA) is 4.93 Å². The fourth-order valence-corrected chi connectivity index (χ4v) is 11.8. The van der Waals surface area contributed by atoms with Crippen LogP contribution in [0.25, 0.3) is 33.8 Å². The number of aromatic nitrogens is 1. The normalized spacial score (nSPS) is 18.0. The summed E-state index contributed by atoms with van der Waals surface area (Å²) in [5, 5.41) is 1.31. The zero-order valence-electron chi connectivity index (χ0n) is 28.4. The van der Waals surface area contributed by atoms with Gasteiger partial charge in [0, 0.05) is 47.8 Å². The second-order valence-electron chi connectivity index (χ2n) is 13.9. The van der Waals surface area contributed by atoms with E-state index in [2.05, 4.69) is 187 Å². The molecule has 0 N–H and O–H groups in total. The van der Waals surface area contributed by atoms with Crippen molar-refractivity contribution in [2.24, 2.45) is 0 Å². The lowest BCUT2D eigenvalue weighted by Crippen LogP contribution is -2.37. The van der Waals surface area contributed by atoms with Crippen molar-refractivity contribution in [1.29, 1.82) is 0 Å². The van der Waals surface area contributed by atoms with Crippen LogP contribution in [-0.2, 0) is 5.41 Å². The number of nitrogens with zero attached hydrogens (tertiary/aromatic N) is 1. The highest BCUT2D eigenvalue weighted by atomic mass is 32.2. The van der Waals surface area contributed by atoms with E-state index in [1.807, 2.05) is 23.5 Å². The maximum Gasteiger partial charge on any atom is 0.0751 e. The quantitative estimate of drug-likeness (QED) is 0.181. The number of hydrogen-bond acceptors (Lipinski definition) is 2. The summed E-state index contributed by atoms with van der Waals surface area (Å²) in [6.45, 7) is 0. The lowest BCUT2D eigenvalue weighted by Gasteiger charge is -2.47. The Hall–Kier alpha value is -5.48. The molecule has 7 aromatic carbocycles. The van der Waals surface area contributed by atoms with Crippen LogP contribution in [-0.4, -0.2) is 4.57 Å². The van der Waals surface area contributed by atoms with E-state index in [1.54, 1.807) is 0 Å². The second-order valence-corrected chi connectivity index (χ2v) is 16.0. The Kier molecular flexibility index (Phi) is 6.83. The summed E-state index contributed by atoms with van der Waals surface area (Å²) >= 11 is 3.88. The van der Waals surface area contributed by atoms with Gasteiger partial charge in [0.25, 0.3) is 0 Å². The summed E-state index contributed by atoms with van der Waals surface area (Å²) in [5.74, 6) is 0.175. The SMILES string of the molecule is C1=Cc2c(n(-c3ccccc3)c3ccccc23)C(c2cccc3c2Sc2ccccc2C32c3ccccc3Sc3cccc(-c4ccccc4)c32)C1. The van der Waals surface area contributed by atoms with Crippen LogP contribution >= 0.6 is 23.5 Å². The van der Waals surface area contributed by atoms with Crippen molar-refractivity contribution in [3.8, 4) is 16.8 Å². The van der Waals surface area contributed by atoms with Gasteiger partial charge < -0.3 is 4.57 Å². The number of hydrogen-bond donors (Lipinski definition) is 0. The monoisotopic (exact) mass is 699 g/mol. The molecule has 3 aliphatic rings. The first-order chi connectivity index (χ1) is 25.8. The van der Waals surface area contributed by atoms with Gasteiger partial charge in [-0.15, -0.1) is 0 Å². The van der Waals surface area contributed by atoms with E-state index in [0.717, 1.165) is 6.42 Å². The van der Waals surface area contributed by atoms with Crippen molar-refractivity contribution in [2.75, 3.05) is 0 Å². The fraction of sp³-hybridized carbons (Fsp3) is 0.0612. The van der Waals surface area contributed by atoms with Crippen molar-refractivity contribution in [1.82, 2.24) is 4.57 Å². The van der Waals surface area contributed by atoms with E-state index in [-0.39, 0.29) is 5.92 Å². The average Bonchev–Trinajstić information content (AvgIpc) is 3.56. The van der Waals surface area contributed by atoms with Crippen LogP contribution < -0.4 is 0 Å². The molecule has 1 spiro atoms. The van der Waals surface area contributed by atoms with Gasteiger partial charge in [0.2, 0.25) is 0 Å². The molecular weight excluding hydrogens is 667 g/mol. The molecule has 3 heteroatoms. The molecule has 52 heavy (non-hydrogen) atoms. The lowest BCUT2D eigenvalue weighted by molar-refractivity contribution is 0.656. The fourth-order valence-electron chi connectivity index (χ4n) is 9.26. The van der Waals surface area contributed by atoms with Gasteiger partial charge >= 0.3 is 0 Å². The average molecular weight is 700 g/mol. The maximum atomic E-state index is 2.53. The standard InChI is InChI=1S/C49H33NS2/c1-3-16-32(17-4-1)34-21-15-31-45-46(34)49(39-25-8-11-29-43(39)51-45)40-26-9-12-30-44(40)52-48-38(24-14-27-41(48)49)37-23-13-22-36-35-20-7-10-28-42(35)50(47(36)37)33-18-5-2-6-19-33/h1-22,24-31,37H,23H2. The maximum absolute atomic E-state index is 2.53. The molecule has 0 saturated heterocycles. The highest BCUT2D eigenvalue weighted by Gasteiger charge is 2.50. The van der Waals surface area contributed by atoms with E-state index in [4.69, 9.17) is 0 Å². The number of rotatable bonds is 3. The minimum absolute atomic E-state index is 0.175.